The minimum atomic E-state index is -0.737. The molecule has 0 radical (unpaired) electrons. The van der Waals surface area contributed by atoms with Crippen molar-refractivity contribution in [2.45, 2.75) is 31.8 Å². The summed E-state index contributed by atoms with van der Waals surface area (Å²) in [5.74, 6) is -1.49. The zero-order chi connectivity index (χ0) is 22.9. The van der Waals surface area contributed by atoms with Gasteiger partial charge in [0.05, 0.1) is 36.7 Å². The molecule has 9 nitrogen and oxygen atoms in total. The van der Waals surface area contributed by atoms with Gasteiger partial charge in [0.25, 0.3) is 0 Å². The van der Waals surface area contributed by atoms with Crippen molar-refractivity contribution in [1.29, 1.82) is 0 Å². The molecule has 1 aromatic carbocycles. The highest BCUT2D eigenvalue weighted by Gasteiger charge is 2.27. The van der Waals surface area contributed by atoms with E-state index in [4.69, 9.17) is 25.8 Å². The van der Waals surface area contributed by atoms with Crippen molar-refractivity contribution in [2.75, 3.05) is 25.6 Å². The first-order valence-electron chi connectivity index (χ1n) is 10.1. The molecule has 3 amide bonds. The summed E-state index contributed by atoms with van der Waals surface area (Å²) in [6.45, 7) is 1.05. The molecule has 0 unspecified atom stereocenters. The number of halogens is 2. The second-order valence-corrected chi connectivity index (χ2v) is 7.65. The molecule has 3 rings (SSSR count). The second-order valence-electron chi connectivity index (χ2n) is 7.21. The lowest BCUT2D eigenvalue weighted by molar-refractivity contribution is -0.125. The van der Waals surface area contributed by atoms with Gasteiger partial charge in [-0.15, -0.1) is 0 Å². The summed E-state index contributed by atoms with van der Waals surface area (Å²) in [4.78, 5) is 32.2. The normalized spacial score (nSPS) is 18.1. The Morgan fingerprint density at radius 1 is 1.16 bits per heavy atom. The molecule has 0 aliphatic heterocycles. The third-order valence-electron chi connectivity index (χ3n) is 4.91. The average Bonchev–Trinajstić information content (AvgIpc) is 2.77. The number of aromatic nitrogens is 2. The second kappa shape index (κ2) is 11.7. The monoisotopic (exact) mass is 466 g/mol. The molecule has 0 saturated heterocycles. The number of nitrogens with one attached hydrogen (secondary N) is 2. The fraction of sp³-hybridized carbons (Fsp3) is 0.429. The minimum absolute atomic E-state index is 0.0730. The van der Waals surface area contributed by atoms with Crippen molar-refractivity contribution >= 4 is 29.2 Å². The van der Waals surface area contributed by atoms with Crippen molar-refractivity contribution < 1.29 is 28.2 Å². The molecule has 2 N–H and O–H groups in total. The number of amides is 3. The van der Waals surface area contributed by atoms with Crippen LogP contribution in [0.4, 0.5) is 14.9 Å². The van der Waals surface area contributed by atoms with Crippen LogP contribution in [-0.4, -0.2) is 48.3 Å². The van der Waals surface area contributed by atoms with Crippen molar-refractivity contribution in [3.8, 4) is 11.8 Å². The molecule has 1 heterocycles. The maximum absolute atomic E-state index is 14.3. The smallest absolute Gasteiger partial charge is 0.325 e. The maximum atomic E-state index is 14.3. The Balaban J connectivity index is 1.46. The molecule has 1 saturated carbocycles. The zero-order valence-electron chi connectivity index (χ0n) is 17.5. The van der Waals surface area contributed by atoms with Gasteiger partial charge >= 0.3 is 12.0 Å². The number of urea groups is 1. The number of carbonyl (C=O) groups is 2. The van der Waals surface area contributed by atoms with E-state index in [1.54, 1.807) is 7.11 Å². The Labute approximate surface area is 189 Å². The van der Waals surface area contributed by atoms with Crippen LogP contribution in [0.3, 0.4) is 0 Å². The van der Waals surface area contributed by atoms with E-state index in [1.165, 1.54) is 24.5 Å². The van der Waals surface area contributed by atoms with E-state index in [1.807, 2.05) is 0 Å². The van der Waals surface area contributed by atoms with Crippen molar-refractivity contribution in [3.63, 3.8) is 0 Å². The van der Waals surface area contributed by atoms with Crippen molar-refractivity contribution in [3.05, 3.63) is 41.4 Å². The van der Waals surface area contributed by atoms with Crippen LogP contribution in [0.1, 0.15) is 25.7 Å². The lowest BCUT2D eigenvalue weighted by atomic mass is 9.87. The van der Waals surface area contributed by atoms with Crippen LogP contribution in [0, 0.1) is 11.7 Å². The number of hydrogen-bond donors (Lipinski definition) is 2. The zero-order valence-corrected chi connectivity index (χ0v) is 18.2. The van der Waals surface area contributed by atoms with Crippen LogP contribution >= 0.6 is 11.6 Å². The number of ether oxygens (including phenoxy) is 3. The lowest BCUT2D eigenvalue weighted by Crippen LogP contribution is -2.40. The lowest BCUT2D eigenvalue weighted by Gasteiger charge is -2.27. The maximum Gasteiger partial charge on any atom is 0.325 e. The molecular formula is C21H24ClFN4O5. The minimum Gasteiger partial charge on any atom is -0.421 e. The van der Waals surface area contributed by atoms with Gasteiger partial charge in [0, 0.05) is 24.8 Å². The summed E-state index contributed by atoms with van der Waals surface area (Å²) in [5.41, 5.74) is 0.160. The summed E-state index contributed by atoms with van der Waals surface area (Å²) in [7, 11) is 1.61. The van der Waals surface area contributed by atoms with Crippen LogP contribution < -0.4 is 15.4 Å². The van der Waals surface area contributed by atoms with Gasteiger partial charge in [-0.05, 0) is 37.8 Å². The molecule has 1 fully saturated rings. The number of carbonyl (C=O) groups excluding carboxylic acids is 2. The van der Waals surface area contributed by atoms with Gasteiger partial charge in [-0.3, -0.25) is 10.1 Å². The molecule has 1 aromatic heterocycles. The Bertz CT molecular complexity index is 923. The van der Waals surface area contributed by atoms with Gasteiger partial charge < -0.3 is 19.5 Å². The molecule has 2 aromatic rings. The summed E-state index contributed by atoms with van der Waals surface area (Å²) < 4.78 is 30.2. The van der Waals surface area contributed by atoms with Gasteiger partial charge in [0.15, 0.2) is 11.6 Å². The van der Waals surface area contributed by atoms with Gasteiger partial charge in [0.1, 0.15) is 0 Å². The van der Waals surface area contributed by atoms with E-state index in [-0.39, 0.29) is 35.4 Å². The molecule has 1 aliphatic rings. The molecule has 1 aliphatic carbocycles. The Morgan fingerprint density at radius 3 is 2.53 bits per heavy atom. The van der Waals surface area contributed by atoms with Crippen LogP contribution in [-0.2, 0) is 14.3 Å². The van der Waals surface area contributed by atoms with E-state index in [2.05, 4.69) is 20.6 Å². The van der Waals surface area contributed by atoms with E-state index >= 15 is 0 Å². The van der Waals surface area contributed by atoms with Gasteiger partial charge in [-0.2, -0.15) is 0 Å². The first kappa shape index (κ1) is 23.8. The molecule has 0 atom stereocenters. The number of imide groups is 1. The first-order chi connectivity index (χ1) is 15.4. The summed E-state index contributed by atoms with van der Waals surface area (Å²) in [5, 5.41) is 5.07. The Morgan fingerprint density at radius 2 is 1.88 bits per heavy atom. The predicted octanol–water partition coefficient (Wildman–Crippen LogP) is 3.93. The third-order valence-corrected chi connectivity index (χ3v) is 5.11. The van der Waals surface area contributed by atoms with E-state index in [0.29, 0.717) is 31.1 Å². The summed E-state index contributed by atoms with van der Waals surface area (Å²) in [6.07, 6.45) is 5.49. The van der Waals surface area contributed by atoms with Crippen LogP contribution in [0.25, 0.3) is 0 Å². The van der Waals surface area contributed by atoms with Crippen LogP contribution in [0.2, 0.25) is 5.02 Å². The quantitative estimate of drug-likeness (QED) is 0.567. The molecule has 11 heteroatoms. The van der Waals surface area contributed by atoms with Gasteiger partial charge in [0.2, 0.25) is 5.91 Å². The topological polar surface area (TPSA) is 112 Å². The van der Waals surface area contributed by atoms with Crippen LogP contribution in [0.15, 0.2) is 30.6 Å². The third kappa shape index (κ3) is 7.11. The number of benzene rings is 1. The highest BCUT2D eigenvalue weighted by molar-refractivity contribution is 6.30. The molecule has 0 spiro atoms. The SMILES string of the molecule is COCCOC1CCC(C(=O)NC(=O)Nc2ccc(Oc3ncc(Cl)cn3)c(F)c2)CC1. The highest BCUT2D eigenvalue weighted by atomic mass is 35.5. The summed E-state index contributed by atoms with van der Waals surface area (Å²) in [6, 6.07) is 3.01. The highest BCUT2D eigenvalue weighted by Crippen LogP contribution is 2.27. The molecular weight excluding hydrogens is 443 g/mol. The van der Waals surface area contributed by atoms with E-state index in [9.17, 15) is 14.0 Å². The van der Waals surface area contributed by atoms with Crippen LogP contribution in [0.5, 0.6) is 11.8 Å². The standard InChI is InChI=1S/C21H24ClFN4O5/c1-30-8-9-31-16-5-2-13(3-6-16)19(28)27-20(29)26-15-4-7-18(17(23)10-15)32-21-24-11-14(22)12-25-21/h4,7,10-13,16H,2-3,5-6,8-9H2,1H3,(H2,26,27,28,29). The van der Waals surface area contributed by atoms with E-state index < -0.39 is 11.8 Å². The number of methoxy groups -OCH3 is 1. The van der Waals surface area contributed by atoms with E-state index in [0.717, 1.165) is 18.9 Å². The van der Waals surface area contributed by atoms with Gasteiger partial charge in [-0.1, -0.05) is 11.6 Å². The van der Waals surface area contributed by atoms with Crippen molar-refractivity contribution in [2.24, 2.45) is 5.92 Å². The first-order valence-corrected chi connectivity index (χ1v) is 10.5. The largest absolute Gasteiger partial charge is 0.421 e. The Hall–Kier alpha value is -2.82. The molecule has 0 bridgehead atoms. The predicted molar refractivity (Wildman–Crippen MR) is 114 cm³/mol. The fourth-order valence-electron chi connectivity index (χ4n) is 3.28. The molecule has 32 heavy (non-hydrogen) atoms. The number of rotatable bonds is 8. The Kier molecular flexibility index (Phi) is 8.72. The van der Waals surface area contributed by atoms with Gasteiger partial charge in [-0.25, -0.2) is 19.2 Å². The summed E-state index contributed by atoms with van der Waals surface area (Å²) >= 11 is 5.70. The fourth-order valence-corrected chi connectivity index (χ4v) is 3.38. The number of hydrogen-bond acceptors (Lipinski definition) is 7. The van der Waals surface area contributed by atoms with Crippen molar-refractivity contribution in [1.82, 2.24) is 15.3 Å². The molecule has 172 valence electrons. The number of nitrogens with zero attached hydrogens (tertiary/aromatic N) is 2. The average molecular weight is 467 g/mol. The number of anilines is 1.